The molecule has 4 rings (SSSR count). The lowest BCUT2D eigenvalue weighted by Gasteiger charge is -2.25. The number of hydrogen-bond acceptors (Lipinski definition) is 5. The van der Waals surface area contributed by atoms with Gasteiger partial charge in [0.2, 0.25) is 0 Å². The highest BCUT2D eigenvalue weighted by Gasteiger charge is 2.57. The maximum atomic E-state index is 10.6. The lowest BCUT2D eigenvalue weighted by molar-refractivity contribution is 0.243. The predicted molar refractivity (Wildman–Crippen MR) is 121 cm³/mol. The van der Waals surface area contributed by atoms with Crippen molar-refractivity contribution < 1.29 is 5.11 Å². The predicted octanol–water partition coefficient (Wildman–Crippen LogP) is 3.59. The van der Waals surface area contributed by atoms with Crippen molar-refractivity contribution in [2.75, 3.05) is 26.2 Å². The quantitative estimate of drug-likeness (QED) is 0.417. The highest BCUT2D eigenvalue weighted by Crippen LogP contribution is 2.48. The topological polar surface area (TPSA) is 80.1 Å². The zero-order valence-corrected chi connectivity index (χ0v) is 18.3. The smallest absolute Gasteiger partial charge is 0.125 e. The van der Waals surface area contributed by atoms with E-state index >= 15 is 0 Å². The number of rotatable bonds is 7. The summed E-state index contributed by atoms with van der Waals surface area (Å²) in [5, 5.41) is 26.4. The highest BCUT2D eigenvalue weighted by atomic mass is 16.3. The van der Waals surface area contributed by atoms with Crippen LogP contribution in [0.3, 0.4) is 0 Å². The molecule has 0 radical (unpaired) electrons. The molecule has 0 amide bonds. The largest absolute Gasteiger partial charge is 0.507 e. The number of aromatic amines is 1. The number of likely N-dealkylation sites (tertiary alicyclic amines) is 1. The Hall–Kier alpha value is -2.67. The van der Waals surface area contributed by atoms with Gasteiger partial charge in [0.25, 0.3) is 0 Å². The molecule has 7 heteroatoms. The summed E-state index contributed by atoms with van der Waals surface area (Å²) in [5.41, 5.74) is 3.37. The van der Waals surface area contributed by atoms with Crippen molar-refractivity contribution in [1.29, 1.82) is 0 Å². The van der Waals surface area contributed by atoms with Gasteiger partial charge in [-0.1, -0.05) is 26.8 Å². The maximum absolute atomic E-state index is 10.6. The monoisotopic (exact) mass is 408 g/mol. The number of fused-ring (bicyclic) bond motifs is 1. The Morgan fingerprint density at radius 1 is 1.17 bits per heavy atom. The number of phenolic OH excluding ortho intramolecular Hbond substituents is 1. The molecular weight excluding hydrogens is 376 g/mol. The van der Waals surface area contributed by atoms with Gasteiger partial charge in [0, 0.05) is 36.5 Å². The van der Waals surface area contributed by atoms with E-state index in [1.807, 2.05) is 32.2 Å². The summed E-state index contributed by atoms with van der Waals surface area (Å²) in [6, 6.07) is 6.39. The van der Waals surface area contributed by atoms with Gasteiger partial charge in [0.1, 0.15) is 11.6 Å². The molecule has 30 heavy (non-hydrogen) atoms. The van der Waals surface area contributed by atoms with E-state index in [1.165, 1.54) is 0 Å². The van der Waals surface area contributed by atoms with E-state index in [4.69, 9.17) is 0 Å². The molecule has 0 spiro atoms. The van der Waals surface area contributed by atoms with Crippen molar-refractivity contribution in [3.8, 4) is 16.9 Å². The van der Waals surface area contributed by atoms with Crippen molar-refractivity contribution in [1.82, 2.24) is 20.0 Å². The van der Waals surface area contributed by atoms with Gasteiger partial charge in [0.15, 0.2) is 0 Å². The molecule has 1 saturated heterocycles. The minimum Gasteiger partial charge on any atom is -0.507 e. The van der Waals surface area contributed by atoms with Crippen LogP contribution in [0, 0.1) is 11.8 Å². The summed E-state index contributed by atoms with van der Waals surface area (Å²) in [7, 11) is 0. The summed E-state index contributed by atoms with van der Waals surface area (Å²) in [6.45, 7) is 13.0. The van der Waals surface area contributed by atoms with Gasteiger partial charge in [-0.3, -0.25) is 5.10 Å². The number of benzene rings is 1. The van der Waals surface area contributed by atoms with E-state index in [-0.39, 0.29) is 5.75 Å². The van der Waals surface area contributed by atoms with Crippen molar-refractivity contribution in [3.05, 3.63) is 36.2 Å². The number of aromatic hydroxyl groups is 1. The number of nitrogens with zero attached hydrogens (tertiary/aromatic N) is 5. The van der Waals surface area contributed by atoms with Gasteiger partial charge >= 0.3 is 0 Å². The van der Waals surface area contributed by atoms with Crippen LogP contribution in [0.5, 0.6) is 5.75 Å². The summed E-state index contributed by atoms with van der Waals surface area (Å²) in [4.78, 5) is 4.94. The molecule has 1 aliphatic heterocycles. The lowest BCUT2D eigenvalue weighted by atomic mass is 10.0. The number of amidine groups is 1. The van der Waals surface area contributed by atoms with Gasteiger partial charge in [-0.15, -0.1) is 5.10 Å². The number of H-pyrrole nitrogens is 1. The Labute approximate surface area is 178 Å². The van der Waals surface area contributed by atoms with Gasteiger partial charge in [-0.05, 0) is 56.0 Å². The van der Waals surface area contributed by atoms with E-state index in [9.17, 15) is 5.11 Å². The maximum Gasteiger partial charge on any atom is 0.125 e. The fourth-order valence-electron chi connectivity index (χ4n) is 4.82. The van der Waals surface area contributed by atoms with E-state index in [2.05, 4.69) is 44.0 Å². The average Bonchev–Trinajstić information content (AvgIpc) is 3.15. The molecule has 1 aromatic heterocycles. The molecule has 160 valence electrons. The molecule has 2 N–H and O–H groups in total. The highest BCUT2D eigenvalue weighted by molar-refractivity contribution is 6.03. The Morgan fingerprint density at radius 3 is 2.47 bits per heavy atom. The standard InChI is InChI=1S/C23H32N6O/c1-5-21(18-9-8-16(10-22(18)30)17-11-24-25-12-17)27-26-15(4)29-13-19-20(14-29)23(19)28(6-2)7-3/h8-12,19-20,23,30H,5-7,13-14H2,1-4H3,(H,24,25)/b26-15+,27-21+. The molecule has 0 bridgehead atoms. The number of hydrogen-bond donors (Lipinski definition) is 2. The van der Waals surface area contributed by atoms with E-state index < -0.39 is 0 Å². The molecule has 2 heterocycles. The molecule has 2 atom stereocenters. The summed E-state index contributed by atoms with van der Waals surface area (Å²) < 4.78 is 0. The van der Waals surface area contributed by atoms with Crippen molar-refractivity contribution in [3.63, 3.8) is 0 Å². The van der Waals surface area contributed by atoms with Crippen LogP contribution in [0.15, 0.2) is 40.8 Å². The Kier molecular flexibility index (Phi) is 5.90. The number of nitrogens with one attached hydrogen (secondary N) is 1. The molecule has 7 nitrogen and oxygen atoms in total. The fraction of sp³-hybridized carbons (Fsp3) is 0.522. The second-order valence-electron chi connectivity index (χ2n) is 8.21. The first kappa shape index (κ1) is 20.6. The first-order valence-corrected chi connectivity index (χ1v) is 11.0. The van der Waals surface area contributed by atoms with Crippen LogP contribution in [-0.4, -0.2) is 68.9 Å². The lowest BCUT2D eigenvalue weighted by Crippen LogP contribution is -2.36. The van der Waals surface area contributed by atoms with E-state index in [0.29, 0.717) is 6.42 Å². The van der Waals surface area contributed by atoms with E-state index in [0.717, 1.165) is 72.3 Å². The first-order valence-electron chi connectivity index (χ1n) is 11.0. The van der Waals surface area contributed by atoms with Crippen LogP contribution in [0.25, 0.3) is 11.1 Å². The van der Waals surface area contributed by atoms with Crippen LogP contribution >= 0.6 is 0 Å². The fourth-order valence-corrected chi connectivity index (χ4v) is 4.82. The van der Waals surface area contributed by atoms with Gasteiger partial charge in [-0.25, -0.2) is 0 Å². The summed E-state index contributed by atoms with van der Waals surface area (Å²) >= 11 is 0. The van der Waals surface area contributed by atoms with Gasteiger partial charge in [-0.2, -0.15) is 10.2 Å². The molecule has 2 fully saturated rings. The minimum atomic E-state index is 0.214. The Balaban J connectivity index is 1.44. The van der Waals surface area contributed by atoms with Crippen LogP contribution in [-0.2, 0) is 0 Å². The van der Waals surface area contributed by atoms with E-state index in [1.54, 1.807) is 12.3 Å². The van der Waals surface area contributed by atoms with Crippen LogP contribution in [0.2, 0.25) is 0 Å². The number of aromatic nitrogens is 2. The minimum absolute atomic E-state index is 0.214. The second kappa shape index (κ2) is 8.60. The average molecular weight is 409 g/mol. The normalized spacial score (nSPS) is 23.9. The zero-order valence-electron chi connectivity index (χ0n) is 18.3. The van der Waals surface area contributed by atoms with Crippen LogP contribution < -0.4 is 0 Å². The van der Waals surface area contributed by atoms with Crippen molar-refractivity contribution in [2.24, 2.45) is 22.0 Å². The number of piperidine rings is 1. The Bertz CT molecular complexity index is 919. The van der Waals surface area contributed by atoms with Crippen LogP contribution in [0.4, 0.5) is 0 Å². The first-order chi connectivity index (χ1) is 14.6. The Morgan fingerprint density at radius 2 is 1.90 bits per heavy atom. The van der Waals surface area contributed by atoms with Gasteiger partial charge in [0.05, 0.1) is 11.9 Å². The third-order valence-corrected chi connectivity index (χ3v) is 6.63. The van der Waals surface area contributed by atoms with Crippen LogP contribution in [0.1, 0.15) is 39.7 Å². The van der Waals surface area contributed by atoms with Crippen molar-refractivity contribution >= 4 is 11.5 Å². The molecular formula is C23H32N6O. The molecule has 2 aliphatic rings. The summed E-state index contributed by atoms with van der Waals surface area (Å²) in [6.07, 6.45) is 4.25. The molecule has 2 aromatic rings. The third-order valence-electron chi connectivity index (χ3n) is 6.63. The SMILES string of the molecule is CC/C(=N\N=C(/C)N1CC2C(C1)C2N(CC)CC)c1ccc(-c2cn[nH]c2)cc1O. The molecule has 1 saturated carbocycles. The van der Waals surface area contributed by atoms with Crippen molar-refractivity contribution in [2.45, 2.75) is 40.2 Å². The number of phenols is 1. The molecule has 1 aliphatic carbocycles. The summed E-state index contributed by atoms with van der Waals surface area (Å²) in [5.74, 6) is 2.71. The zero-order chi connectivity index (χ0) is 21.3. The molecule has 2 unspecified atom stereocenters. The van der Waals surface area contributed by atoms with Gasteiger partial charge < -0.3 is 14.9 Å². The molecule has 1 aromatic carbocycles. The second-order valence-corrected chi connectivity index (χ2v) is 8.21. The third kappa shape index (κ3) is 3.86.